The van der Waals surface area contributed by atoms with Gasteiger partial charge < -0.3 is 10.5 Å². The summed E-state index contributed by atoms with van der Waals surface area (Å²) in [7, 11) is -1.91. The minimum atomic E-state index is -3.48. The molecule has 1 rings (SSSR count). The minimum absolute atomic E-state index is 0.0992. The fourth-order valence-corrected chi connectivity index (χ4v) is 3.03. The van der Waals surface area contributed by atoms with Gasteiger partial charge in [-0.15, -0.1) is 0 Å². The second-order valence-electron chi connectivity index (χ2n) is 4.52. The van der Waals surface area contributed by atoms with Crippen LogP contribution in [0.2, 0.25) is 0 Å². The van der Waals surface area contributed by atoms with Gasteiger partial charge in [-0.2, -0.15) is 4.31 Å². The number of sulfonamides is 1. The Morgan fingerprint density at radius 1 is 1.37 bits per heavy atom. The molecule has 0 aromatic heterocycles. The molecule has 0 heterocycles. The minimum Gasteiger partial charge on any atom is -0.494 e. The third-order valence-electron chi connectivity index (χ3n) is 2.96. The summed E-state index contributed by atoms with van der Waals surface area (Å²) in [6.07, 6.45) is 0. The van der Waals surface area contributed by atoms with Crippen LogP contribution in [0.25, 0.3) is 0 Å². The lowest BCUT2D eigenvalue weighted by atomic mass is 10.2. The number of hydrogen-bond acceptors (Lipinski definition) is 4. The van der Waals surface area contributed by atoms with Crippen molar-refractivity contribution < 1.29 is 13.2 Å². The molecule has 0 bridgehead atoms. The third-order valence-corrected chi connectivity index (χ3v) is 4.99. The van der Waals surface area contributed by atoms with Crippen molar-refractivity contribution in [1.82, 2.24) is 4.31 Å². The zero-order valence-corrected chi connectivity index (χ0v) is 12.7. The summed E-state index contributed by atoms with van der Waals surface area (Å²) in [6.45, 7) is 6.29. The van der Waals surface area contributed by atoms with Gasteiger partial charge in [0.25, 0.3) is 0 Å². The molecule has 6 heteroatoms. The summed E-state index contributed by atoms with van der Waals surface area (Å²) in [5.41, 5.74) is 6.34. The van der Waals surface area contributed by atoms with E-state index in [2.05, 4.69) is 0 Å². The quantitative estimate of drug-likeness (QED) is 0.861. The second kappa shape index (κ2) is 6.36. The van der Waals surface area contributed by atoms with E-state index in [-0.39, 0.29) is 17.5 Å². The zero-order valence-electron chi connectivity index (χ0n) is 11.9. The first-order chi connectivity index (χ1) is 8.84. The Hall–Kier alpha value is -1.11. The molecule has 0 unspecified atom stereocenters. The first-order valence-electron chi connectivity index (χ1n) is 6.28. The summed E-state index contributed by atoms with van der Waals surface area (Å²) >= 11 is 0. The highest BCUT2D eigenvalue weighted by molar-refractivity contribution is 7.89. The van der Waals surface area contributed by atoms with Crippen LogP contribution >= 0.6 is 0 Å². The first kappa shape index (κ1) is 15.9. The summed E-state index contributed by atoms with van der Waals surface area (Å²) in [5, 5.41) is 0. The predicted octanol–water partition coefficient (Wildman–Crippen LogP) is 1.57. The Balaban J connectivity index is 3.22. The number of ether oxygens (including phenoxy) is 1. The zero-order chi connectivity index (χ0) is 14.6. The van der Waals surface area contributed by atoms with E-state index in [1.54, 1.807) is 25.2 Å². The van der Waals surface area contributed by atoms with E-state index < -0.39 is 10.0 Å². The van der Waals surface area contributed by atoms with E-state index in [0.717, 1.165) is 0 Å². The van der Waals surface area contributed by atoms with Crippen LogP contribution in [-0.2, 0) is 16.6 Å². The van der Waals surface area contributed by atoms with Crippen molar-refractivity contribution in [2.24, 2.45) is 5.73 Å². The largest absolute Gasteiger partial charge is 0.494 e. The van der Waals surface area contributed by atoms with Crippen LogP contribution in [0.1, 0.15) is 26.3 Å². The topological polar surface area (TPSA) is 72.6 Å². The highest BCUT2D eigenvalue weighted by Gasteiger charge is 2.23. The van der Waals surface area contributed by atoms with Crippen LogP contribution in [0.4, 0.5) is 0 Å². The van der Waals surface area contributed by atoms with Crippen LogP contribution in [0.5, 0.6) is 5.75 Å². The van der Waals surface area contributed by atoms with Crippen molar-refractivity contribution in [1.29, 1.82) is 0 Å². The van der Waals surface area contributed by atoms with Gasteiger partial charge in [-0.1, -0.05) is 0 Å². The molecule has 0 aliphatic rings. The van der Waals surface area contributed by atoms with Crippen LogP contribution in [0.3, 0.4) is 0 Å². The lowest BCUT2D eigenvalue weighted by Crippen LogP contribution is -2.33. The van der Waals surface area contributed by atoms with Gasteiger partial charge in [0.1, 0.15) is 5.75 Å². The number of hydrogen-bond donors (Lipinski definition) is 1. The molecule has 5 nitrogen and oxygen atoms in total. The molecular weight excluding hydrogens is 264 g/mol. The molecule has 0 saturated carbocycles. The van der Waals surface area contributed by atoms with Gasteiger partial charge in [-0.3, -0.25) is 0 Å². The van der Waals surface area contributed by atoms with Crippen molar-refractivity contribution in [3.05, 3.63) is 23.8 Å². The van der Waals surface area contributed by atoms with Crippen molar-refractivity contribution in [3.63, 3.8) is 0 Å². The standard InChI is InChI=1S/C13H22N2O3S/c1-5-18-13-7-6-12(8-11(13)9-14)19(16,17)15(4)10(2)3/h6-8,10H,5,9,14H2,1-4H3. The molecule has 1 aromatic rings. The van der Waals surface area contributed by atoms with E-state index >= 15 is 0 Å². The van der Waals surface area contributed by atoms with Crippen molar-refractivity contribution in [3.8, 4) is 5.75 Å². The highest BCUT2D eigenvalue weighted by Crippen LogP contribution is 2.24. The van der Waals surface area contributed by atoms with Gasteiger partial charge in [0, 0.05) is 25.2 Å². The maximum atomic E-state index is 12.4. The monoisotopic (exact) mass is 286 g/mol. The van der Waals surface area contributed by atoms with Crippen molar-refractivity contribution >= 4 is 10.0 Å². The molecule has 0 amide bonds. The van der Waals surface area contributed by atoms with E-state index in [4.69, 9.17) is 10.5 Å². The molecule has 2 N–H and O–H groups in total. The molecule has 19 heavy (non-hydrogen) atoms. The smallest absolute Gasteiger partial charge is 0.243 e. The predicted molar refractivity (Wildman–Crippen MR) is 75.6 cm³/mol. The van der Waals surface area contributed by atoms with E-state index in [0.29, 0.717) is 17.9 Å². The van der Waals surface area contributed by atoms with Crippen LogP contribution < -0.4 is 10.5 Å². The summed E-state index contributed by atoms with van der Waals surface area (Å²) in [6, 6.07) is 4.70. The third kappa shape index (κ3) is 3.46. The lowest BCUT2D eigenvalue weighted by molar-refractivity contribution is 0.336. The number of rotatable bonds is 6. The molecular formula is C13H22N2O3S. The van der Waals surface area contributed by atoms with Gasteiger partial charge in [0.2, 0.25) is 10.0 Å². The van der Waals surface area contributed by atoms with E-state index in [9.17, 15) is 8.42 Å². The van der Waals surface area contributed by atoms with Crippen LogP contribution in [0.15, 0.2) is 23.1 Å². The second-order valence-corrected chi connectivity index (χ2v) is 6.52. The van der Waals surface area contributed by atoms with Crippen molar-refractivity contribution in [2.75, 3.05) is 13.7 Å². The molecule has 0 radical (unpaired) electrons. The summed E-state index contributed by atoms with van der Waals surface area (Å²) < 4.78 is 31.5. The molecule has 108 valence electrons. The van der Waals surface area contributed by atoms with Gasteiger partial charge in [-0.05, 0) is 39.0 Å². The maximum Gasteiger partial charge on any atom is 0.243 e. The fourth-order valence-electron chi connectivity index (χ4n) is 1.62. The molecule has 0 fully saturated rings. The SMILES string of the molecule is CCOc1ccc(S(=O)(=O)N(C)C(C)C)cc1CN. The van der Waals surface area contributed by atoms with E-state index in [1.807, 2.05) is 20.8 Å². The Morgan fingerprint density at radius 2 is 2.00 bits per heavy atom. The molecule has 1 aromatic carbocycles. The summed E-state index contributed by atoms with van der Waals surface area (Å²) in [5.74, 6) is 0.635. The molecule has 0 saturated heterocycles. The van der Waals surface area contributed by atoms with Gasteiger partial charge in [0.05, 0.1) is 11.5 Å². The highest BCUT2D eigenvalue weighted by atomic mass is 32.2. The summed E-state index contributed by atoms with van der Waals surface area (Å²) in [4.78, 5) is 0.243. The molecule has 0 aliphatic heterocycles. The average Bonchev–Trinajstić information content (AvgIpc) is 2.38. The molecule has 0 atom stereocenters. The Bertz CT molecular complexity index is 527. The van der Waals surface area contributed by atoms with Gasteiger partial charge in [0.15, 0.2) is 0 Å². The molecule has 0 aliphatic carbocycles. The van der Waals surface area contributed by atoms with E-state index in [1.165, 1.54) is 4.31 Å². The Labute approximate surface area is 115 Å². The Morgan fingerprint density at radius 3 is 2.47 bits per heavy atom. The normalized spacial score (nSPS) is 12.2. The van der Waals surface area contributed by atoms with Gasteiger partial charge in [-0.25, -0.2) is 8.42 Å². The number of nitrogens with zero attached hydrogens (tertiary/aromatic N) is 1. The first-order valence-corrected chi connectivity index (χ1v) is 7.72. The van der Waals surface area contributed by atoms with Crippen LogP contribution in [0, 0.1) is 0 Å². The lowest BCUT2D eigenvalue weighted by Gasteiger charge is -2.21. The van der Waals surface area contributed by atoms with Crippen molar-refractivity contribution in [2.45, 2.75) is 38.3 Å². The maximum absolute atomic E-state index is 12.4. The molecule has 0 spiro atoms. The number of nitrogens with two attached hydrogens (primary N) is 1. The fraction of sp³-hybridized carbons (Fsp3) is 0.538. The number of benzene rings is 1. The Kier molecular flexibility index (Phi) is 5.34. The van der Waals surface area contributed by atoms with Gasteiger partial charge >= 0.3 is 0 Å². The van der Waals surface area contributed by atoms with Crippen LogP contribution in [-0.4, -0.2) is 32.4 Å². The average molecular weight is 286 g/mol.